The third-order valence-corrected chi connectivity index (χ3v) is 7.78. The number of hydrogen-bond donors (Lipinski definition) is 1. The van der Waals surface area contributed by atoms with Crippen LogP contribution in [0, 0.1) is 13.8 Å². The molecule has 0 aliphatic rings. The molecule has 0 saturated carbocycles. The van der Waals surface area contributed by atoms with Gasteiger partial charge in [0, 0.05) is 11.8 Å². The summed E-state index contributed by atoms with van der Waals surface area (Å²) in [4.78, 5) is 23.4. The second-order valence-electron chi connectivity index (χ2n) is 9.89. The number of aryl methyl sites for hydroxylation is 2. The number of carbonyl (C=O) groups is 2. The number of Topliss-reactive ketones (excluding diaryl/α,β-unsaturated/α-hetero) is 1. The number of ketones is 1. The van der Waals surface area contributed by atoms with Gasteiger partial charge in [0.2, 0.25) is 0 Å². The van der Waals surface area contributed by atoms with E-state index in [0.717, 1.165) is 24.0 Å². The second kappa shape index (κ2) is 13.6. The predicted octanol–water partition coefficient (Wildman–Crippen LogP) is 6.87. The van der Waals surface area contributed by atoms with Crippen molar-refractivity contribution < 1.29 is 24.2 Å². The van der Waals surface area contributed by atoms with Gasteiger partial charge in [-0.3, -0.25) is 9.59 Å². The van der Waals surface area contributed by atoms with Crippen LogP contribution in [0.2, 0.25) is 0 Å². The molecule has 0 fully saturated rings. The Bertz CT molecular complexity index is 1090. The molecule has 0 aliphatic carbocycles. The van der Waals surface area contributed by atoms with Crippen LogP contribution in [0.1, 0.15) is 94.0 Å². The van der Waals surface area contributed by atoms with Crippen LogP contribution in [0.5, 0.6) is 5.75 Å². The molecule has 0 radical (unpaired) electrons. The molecule has 0 atom stereocenters. The number of aliphatic hydroxyl groups is 1. The lowest BCUT2D eigenvalue weighted by atomic mass is 9.70. The maximum atomic E-state index is 12.1. The topological polar surface area (TPSA) is 72.8 Å². The molecule has 2 aromatic carbocycles. The lowest BCUT2D eigenvalue weighted by Crippen LogP contribution is -2.26. The van der Waals surface area contributed by atoms with Crippen molar-refractivity contribution in [3.63, 3.8) is 0 Å². The van der Waals surface area contributed by atoms with Gasteiger partial charge in [0.15, 0.2) is 5.78 Å². The fourth-order valence-electron chi connectivity index (χ4n) is 4.81. The zero-order valence-corrected chi connectivity index (χ0v) is 23.6. The summed E-state index contributed by atoms with van der Waals surface area (Å²) < 4.78 is 10.4. The number of ether oxygens (including phenoxy) is 2. The number of carbonyl (C=O) groups excluding carboxylic acids is 2. The van der Waals surface area contributed by atoms with Gasteiger partial charge in [0.25, 0.3) is 0 Å². The molecule has 2 rings (SSSR count). The summed E-state index contributed by atoms with van der Waals surface area (Å²) in [5, 5.41) is 10.6. The van der Waals surface area contributed by atoms with Crippen LogP contribution in [0.3, 0.4) is 0 Å². The lowest BCUT2D eigenvalue weighted by molar-refractivity contribution is -0.142. The quantitative estimate of drug-likeness (QED) is 0.282. The number of hydrogen-bond acceptors (Lipinski definition) is 5. The van der Waals surface area contributed by atoms with Gasteiger partial charge >= 0.3 is 5.97 Å². The summed E-state index contributed by atoms with van der Waals surface area (Å²) >= 11 is 0. The van der Waals surface area contributed by atoms with Crippen LogP contribution >= 0.6 is 0 Å². The molecule has 0 unspecified atom stereocenters. The molecule has 202 valence electrons. The fraction of sp³-hybridized carbons (Fsp3) is 0.500. The summed E-state index contributed by atoms with van der Waals surface area (Å²) in [7, 11) is 1.31. The highest BCUT2D eigenvalue weighted by Crippen LogP contribution is 2.41. The summed E-state index contributed by atoms with van der Waals surface area (Å²) in [6, 6.07) is 12.8. The zero-order chi connectivity index (χ0) is 27.6. The first-order valence-electron chi connectivity index (χ1n) is 13.4. The van der Waals surface area contributed by atoms with Gasteiger partial charge < -0.3 is 14.6 Å². The first kappa shape index (κ1) is 30.3. The first-order chi connectivity index (χ1) is 17.6. The SMILES string of the molecule is CCC(O)(C=Cc1ccc(C(CC)(CC)c2ccc(OCC(=O)CCC(=O)OC)c(C)c2)cc1C)CC. The number of esters is 1. The van der Waals surface area contributed by atoms with Crippen molar-refractivity contribution >= 4 is 17.8 Å². The van der Waals surface area contributed by atoms with Crippen LogP contribution in [0.15, 0.2) is 42.5 Å². The number of rotatable bonds is 14. The molecular weight excluding hydrogens is 464 g/mol. The molecular formula is C32H44O5. The highest BCUT2D eigenvalue weighted by molar-refractivity contribution is 5.84. The van der Waals surface area contributed by atoms with Crippen LogP contribution in [-0.4, -0.2) is 36.2 Å². The lowest BCUT2D eigenvalue weighted by Gasteiger charge is -2.34. The second-order valence-corrected chi connectivity index (χ2v) is 9.89. The Labute approximate surface area is 222 Å². The molecule has 0 heterocycles. The van der Waals surface area contributed by atoms with Crippen LogP contribution in [0.25, 0.3) is 6.08 Å². The van der Waals surface area contributed by atoms with Crippen molar-refractivity contribution in [1.82, 2.24) is 0 Å². The van der Waals surface area contributed by atoms with E-state index in [2.05, 4.69) is 55.8 Å². The third kappa shape index (κ3) is 7.54. The Morgan fingerprint density at radius 2 is 1.46 bits per heavy atom. The highest BCUT2D eigenvalue weighted by Gasteiger charge is 2.31. The van der Waals surface area contributed by atoms with E-state index >= 15 is 0 Å². The molecule has 0 saturated heterocycles. The van der Waals surface area contributed by atoms with Gasteiger partial charge in [-0.2, -0.15) is 0 Å². The van der Waals surface area contributed by atoms with Crippen molar-refractivity contribution in [2.75, 3.05) is 13.7 Å². The summed E-state index contributed by atoms with van der Waals surface area (Å²) in [5.41, 5.74) is 4.82. The van der Waals surface area contributed by atoms with Gasteiger partial charge in [-0.05, 0) is 73.4 Å². The molecule has 5 nitrogen and oxygen atoms in total. The van der Waals surface area contributed by atoms with Gasteiger partial charge in [0.1, 0.15) is 12.4 Å². The van der Waals surface area contributed by atoms with Crippen molar-refractivity contribution in [2.45, 2.75) is 91.1 Å². The van der Waals surface area contributed by atoms with E-state index in [1.54, 1.807) is 0 Å². The molecule has 0 bridgehead atoms. The maximum Gasteiger partial charge on any atom is 0.305 e. The Balaban J connectivity index is 2.28. The summed E-state index contributed by atoms with van der Waals surface area (Å²) in [5.74, 6) is 0.144. The van der Waals surface area contributed by atoms with Crippen molar-refractivity contribution in [3.05, 3.63) is 70.3 Å². The number of methoxy groups -OCH3 is 1. The monoisotopic (exact) mass is 508 g/mol. The molecule has 5 heteroatoms. The molecule has 0 aliphatic heterocycles. The Kier molecular flexibility index (Phi) is 11.1. The van der Waals surface area contributed by atoms with Gasteiger partial charge in [-0.1, -0.05) is 70.2 Å². The molecule has 37 heavy (non-hydrogen) atoms. The van der Waals surface area contributed by atoms with Crippen molar-refractivity contribution in [1.29, 1.82) is 0 Å². The van der Waals surface area contributed by atoms with Gasteiger partial charge in [0.05, 0.1) is 19.1 Å². The maximum absolute atomic E-state index is 12.1. The van der Waals surface area contributed by atoms with E-state index in [1.165, 1.54) is 23.8 Å². The minimum Gasteiger partial charge on any atom is -0.486 e. The smallest absolute Gasteiger partial charge is 0.305 e. The third-order valence-electron chi connectivity index (χ3n) is 7.78. The first-order valence-corrected chi connectivity index (χ1v) is 13.4. The van der Waals surface area contributed by atoms with E-state index in [1.807, 2.05) is 39.0 Å². The average molecular weight is 509 g/mol. The fourth-order valence-corrected chi connectivity index (χ4v) is 4.81. The summed E-state index contributed by atoms with van der Waals surface area (Å²) in [6.07, 6.45) is 7.39. The van der Waals surface area contributed by atoms with Crippen molar-refractivity contribution in [2.24, 2.45) is 0 Å². The largest absolute Gasteiger partial charge is 0.486 e. The molecule has 0 aromatic heterocycles. The van der Waals surface area contributed by atoms with E-state index in [0.29, 0.717) is 18.6 Å². The van der Waals surface area contributed by atoms with Crippen LogP contribution in [-0.2, 0) is 19.7 Å². The molecule has 0 spiro atoms. The highest BCUT2D eigenvalue weighted by atomic mass is 16.5. The minimum atomic E-state index is -0.769. The predicted molar refractivity (Wildman–Crippen MR) is 150 cm³/mol. The Morgan fingerprint density at radius 1 is 0.865 bits per heavy atom. The number of benzene rings is 2. The van der Waals surface area contributed by atoms with E-state index in [-0.39, 0.29) is 30.6 Å². The molecule has 0 amide bonds. The van der Waals surface area contributed by atoms with Gasteiger partial charge in [-0.15, -0.1) is 0 Å². The van der Waals surface area contributed by atoms with Crippen LogP contribution < -0.4 is 4.74 Å². The van der Waals surface area contributed by atoms with Crippen LogP contribution in [0.4, 0.5) is 0 Å². The minimum absolute atomic E-state index is 0.0662. The Morgan fingerprint density at radius 3 is 1.97 bits per heavy atom. The average Bonchev–Trinajstić information content (AvgIpc) is 2.91. The Hall–Kier alpha value is -2.92. The summed E-state index contributed by atoms with van der Waals surface area (Å²) in [6.45, 7) is 12.5. The zero-order valence-electron chi connectivity index (χ0n) is 23.6. The molecule has 1 N–H and O–H groups in total. The van der Waals surface area contributed by atoms with E-state index < -0.39 is 11.6 Å². The van der Waals surface area contributed by atoms with Gasteiger partial charge in [-0.25, -0.2) is 0 Å². The van der Waals surface area contributed by atoms with E-state index in [4.69, 9.17) is 4.74 Å². The standard InChI is InChI=1S/C32H44O5/c1-8-31(35,9-2)19-18-25-12-13-26(20-23(25)5)32(10-3,11-4)27-14-16-29(24(6)21-27)37-22-28(33)15-17-30(34)36-7/h12-14,16,18-21,35H,8-11,15,17,22H2,1-7H3. The van der Waals surface area contributed by atoms with Crippen molar-refractivity contribution in [3.8, 4) is 5.75 Å². The van der Waals surface area contributed by atoms with E-state index in [9.17, 15) is 14.7 Å². The molecule has 2 aromatic rings. The normalized spacial score (nSPS) is 12.1.